The van der Waals surface area contributed by atoms with Crippen molar-refractivity contribution < 1.29 is 18.9 Å². The van der Waals surface area contributed by atoms with E-state index in [9.17, 15) is 14.4 Å². The lowest BCUT2D eigenvalue weighted by atomic mass is 10.1. The van der Waals surface area contributed by atoms with E-state index in [0.29, 0.717) is 35.9 Å². The molecule has 148 valence electrons. The Labute approximate surface area is 163 Å². The molecule has 3 rings (SSSR count). The van der Waals surface area contributed by atoms with Crippen LogP contribution in [0, 0.1) is 12.8 Å². The SMILES string of the molecule is CCCCN1CC(C(=O)Nc2ccc(C(=O)Nc3cc(C)on3)cc2)CC1=O. The van der Waals surface area contributed by atoms with E-state index in [2.05, 4.69) is 22.7 Å². The quantitative estimate of drug-likeness (QED) is 0.764. The first-order valence-electron chi connectivity index (χ1n) is 9.39. The average molecular weight is 384 g/mol. The van der Waals surface area contributed by atoms with Gasteiger partial charge in [0.05, 0.1) is 5.92 Å². The number of unbranched alkanes of at least 4 members (excludes halogenated alkanes) is 1. The summed E-state index contributed by atoms with van der Waals surface area (Å²) in [6.07, 6.45) is 2.20. The minimum absolute atomic E-state index is 0.0312. The zero-order valence-electron chi connectivity index (χ0n) is 16.0. The van der Waals surface area contributed by atoms with E-state index in [1.807, 2.05) is 0 Å². The van der Waals surface area contributed by atoms with Gasteiger partial charge in [-0.3, -0.25) is 14.4 Å². The van der Waals surface area contributed by atoms with Crippen molar-refractivity contribution in [1.82, 2.24) is 10.1 Å². The molecule has 1 unspecified atom stereocenters. The molecule has 1 saturated heterocycles. The molecule has 1 atom stereocenters. The first-order valence-corrected chi connectivity index (χ1v) is 9.39. The molecule has 1 aromatic carbocycles. The van der Waals surface area contributed by atoms with Crippen molar-refractivity contribution in [3.05, 3.63) is 41.7 Å². The van der Waals surface area contributed by atoms with E-state index in [4.69, 9.17) is 4.52 Å². The molecule has 1 aliphatic rings. The highest BCUT2D eigenvalue weighted by Gasteiger charge is 2.33. The third-order valence-electron chi connectivity index (χ3n) is 4.65. The number of anilines is 2. The average Bonchev–Trinajstić information content (AvgIpc) is 3.25. The van der Waals surface area contributed by atoms with E-state index in [-0.39, 0.29) is 30.1 Å². The number of nitrogens with one attached hydrogen (secondary N) is 2. The molecule has 3 amide bonds. The van der Waals surface area contributed by atoms with E-state index >= 15 is 0 Å². The number of carbonyl (C=O) groups is 3. The highest BCUT2D eigenvalue weighted by Crippen LogP contribution is 2.21. The third-order valence-corrected chi connectivity index (χ3v) is 4.65. The van der Waals surface area contributed by atoms with Crippen LogP contribution < -0.4 is 10.6 Å². The van der Waals surface area contributed by atoms with Crippen LogP contribution in [-0.2, 0) is 9.59 Å². The van der Waals surface area contributed by atoms with Gasteiger partial charge >= 0.3 is 0 Å². The molecule has 0 bridgehead atoms. The van der Waals surface area contributed by atoms with Crippen LogP contribution in [0.2, 0.25) is 0 Å². The van der Waals surface area contributed by atoms with E-state index in [1.54, 1.807) is 42.2 Å². The lowest BCUT2D eigenvalue weighted by Gasteiger charge is -2.16. The second-order valence-corrected chi connectivity index (χ2v) is 6.94. The third kappa shape index (κ3) is 4.76. The van der Waals surface area contributed by atoms with Crippen LogP contribution in [0.3, 0.4) is 0 Å². The Morgan fingerprint density at radius 2 is 2.00 bits per heavy atom. The molecule has 0 aliphatic carbocycles. The Kier molecular flexibility index (Phi) is 6.08. The monoisotopic (exact) mass is 384 g/mol. The van der Waals surface area contributed by atoms with Crippen LogP contribution in [0.5, 0.6) is 0 Å². The summed E-state index contributed by atoms with van der Waals surface area (Å²) in [6, 6.07) is 8.18. The summed E-state index contributed by atoms with van der Waals surface area (Å²) in [5.74, 6) is 0.138. The van der Waals surface area contributed by atoms with E-state index < -0.39 is 0 Å². The minimum atomic E-state index is -0.345. The molecule has 8 heteroatoms. The molecule has 1 fully saturated rings. The van der Waals surface area contributed by atoms with Gasteiger partial charge in [-0.25, -0.2) is 0 Å². The number of aromatic nitrogens is 1. The van der Waals surface area contributed by atoms with Crippen molar-refractivity contribution in [3.63, 3.8) is 0 Å². The van der Waals surface area contributed by atoms with Gasteiger partial charge in [-0.15, -0.1) is 0 Å². The van der Waals surface area contributed by atoms with Crippen LogP contribution >= 0.6 is 0 Å². The van der Waals surface area contributed by atoms with Gasteiger partial charge in [0.25, 0.3) is 5.91 Å². The Bertz CT molecular complexity index is 859. The fraction of sp³-hybridized carbons (Fsp3) is 0.400. The van der Waals surface area contributed by atoms with Gasteiger partial charge in [-0.05, 0) is 37.6 Å². The Hall–Kier alpha value is -3.16. The van der Waals surface area contributed by atoms with Gasteiger partial charge in [-0.1, -0.05) is 18.5 Å². The first-order chi connectivity index (χ1) is 13.5. The number of nitrogens with zero attached hydrogens (tertiary/aromatic N) is 2. The summed E-state index contributed by atoms with van der Waals surface area (Å²) in [5.41, 5.74) is 1.01. The van der Waals surface area contributed by atoms with Crippen LogP contribution in [0.15, 0.2) is 34.9 Å². The molecule has 1 aliphatic heterocycles. The van der Waals surface area contributed by atoms with Gasteiger partial charge in [0, 0.05) is 36.8 Å². The number of hydrogen-bond donors (Lipinski definition) is 2. The number of rotatable bonds is 7. The summed E-state index contributed by atoms with van der Waals surface area (Å²) >= 11 is 0. The highest BCUT2D eigenvalue weighted by atomic mass is 16.5. The Morgan fingerprint density at radius 3 is 2.64 bits per heavy atom. The maximum Gasteiger partial charge on any atom is 0.256 e. The first kappa shape index (κ1) is 19.6. The molecule has 28 heavy (non-hydrogen) atoms. The summed E-state index contributed by atoms with van der Waals surface area (Å²) < 4.78 is 4.91. The largest absolute Gasteiger partial charge is 0.360 e. The van der Waals surface area contributed by atoms with Crippen molar-refractivity contribution in [3.8, 4) is 0 Å². The number of likely N-dealkylation sites (tertiary alicyclic amines) is 1. The molecule has 0 spiro atoms. The summed E-state index contributed by atoms with van der Waals surface area (Å²) in [7, 11) is 0. The van der Waals surface area contributed by atoms with Crippen molar-refractivity contribution in [1.29, 1.82) is 0 Å². The predicted octanol–water partition coefficient (Wildman–Crippen LogP) is 2.82. The van der Waals surface area contributed by atoms with Crippen molar-refractivity contribution in [2.24, 2.45) is 5.92 Å². The maximum atomic E-state index is 12.5. The predicted molar refractivity (Wildman–Crippen MR) is 104 cm³/mol. The van der Waals surface area contributed by atoms with Gasteiger partial charge < -0.3 is 20.1 Å². The second-order valence-electron chi connectivity index (χ2n) is 6.94. The normalized spacial score (nSPS) is 16.3. The van der Waals surface area contributed by atoms with E-state index in [1.165, 1.54) is 0 Å². The maximum absolute atomic E-state index is 12.5. The van der Waals surface area contributed by atoms with Crippen molar-refractivity contribution in [2.75, 3.05) is 23.7 Å². The molecule has 0 saturated carbocycles. The van der Waals surface area contributed by atoms with Crippen LogP contribution in [0.1, 0.15) is 42.3 Å². The van der Waals surface area contributed by atoms with Gasteiger partial charge in [0.2, 0.25) is 11.8 Å². The molecular formula is C20H24N4O4. The Morgan fingerprint density at radius 1 is 1.25 bits per heavy atom. The van der Waals surface area contributed by atoms with E-state index in [0.717, 1.165) is 12.8 Å². The van der Waals surface area contributed by atoms with Crippen molar-refractivity contribution in [2.45, 2.75) is 33.1 Å². The summed E-state index contributed by atoms with van der Waals surface area (Å²) in [6.45, 7) is 4.97. The van der Waals surface area contributed by atoms with Crippen LogP contribution in [0.25, 0.3) is 0 Å². The summed E-state index contributed by atoms with van der Waals surface area (Å²) in [5, 5.41) is 9.18. The van der Waals surface area contributed by atoms with Crippen LogP contribution in [-0.4, -0.2) is 40.9 Å². The fourth-order valence-electron chi connectivity index (χ4n) is 3.08. The zero-order valence-corrected chi connectivity index (χ0v) is 16.0. The molecule has 2 heterocycles. The van der Waals surface area contributed by atoms with Gasteiger partial charge in [0.15, 0.2) is 5.82 Å². The van der Waals surface area contributed by atoms with Gasteiger partial charge in [-0.2, -0.15) is 0 Å². The molecule has 1 aromatic heterocycles. The molecule has 0 radical (unpaired) electrons. The number of amides is 3. The minimum Gasteiger partial charge on any atom is -0.360 e. The molecular weight excluding hydrogens is 360 g/mol. The lowest BCUT2D eigenvalue weighted by Crippen LogP contribution is -2.29. The molecule has 2 N–H and O–H groups in total. The standard InChI is InChI=1S/C20H24N4O4/c1-3-4-9-24-12-15(11-18(24)25)20(27)21-16-7-5-14(6-8-16)19(26)22-17-10-13(2)28-23-17/h5-8,10,15H,3-4,9,11-12H2,1-2H3,(H,21,27)(H,22,23,26). The lowest BCUT2D eigenvalue weighted by molar-refractivity contribution is -0.128. The molecule has 2 aromatic rings. The van der Waals surface area contributed by atoms with Crippen LogP contribution in [0.4, 0.5) is 11.5 Å². The smallest absolute Gasteiger partial charge is 0.256 e. The number of aryl methyl sites for hydroxylation is 1. The topological polar surface area (TPSA) is 105 Å². The van der Waals surface area contributed by atoms with Crippen molar-refractivity contribution >= 4 is 29.2 Å². The summed E-state index contributed by atoms with van der Waals surface area (Å²) in [4.78, 5) is 38.4. The number of benzene rings is 1. The van der Waals surface area contributed by atoms with Gasteiger partial charge in [0.1, 0.15) is 5.76 Å². The number of carbonyl (C=O) groups excluding carboxylic acids is 3. The fourth-order valence-corrected chi connectivity index (χ4v) is 3.08. The zero-order chi connectivity index (χ0) is 20.1. The second kappa shape index (κ2) is 8.69. The number of hydrogen-bond acceptors (Lipinski definition) is 5. The highest BCUT2D eigenvalue weighted by molar-refractivity contribution is 6.04. The molecule has 8 nitrogen and oxygen atoms in total. The Balaban J connectivity index is 1.54.